The van der Waals surface area contributed by atoms with Crippen molar-refractivity contribution in [3.63, 3.8) is 0 Å². The number of thiophene rings is 1. The molecule has 2 nitrogen and oxygen atoms in total. The van der Waals surface area contributed by atoms with Crippen molar-refractivity contribution in [3.8, 4) is 0 Å². The fraction of sp³-hybridized carbons (Fsp3) is 0. The Balaban J connectivity index is 0.000000640. The Bertz CT molecular complexity index is 184. The molecule has 0 bridgehead atoms. The van der Waals surface area contributed by atoms with Crippen molar-refractivity contribution in [3.05, 3.63) is 16.8 Å². The molecule has 1 atom stereocenters. The molecule has 5 heteroatoms. The maximum absolute atomic E-state index is 10.2. The van der Waals surface area contributed by atoms with Crippen LogP contribution < -0.4 is 0 Å². The van der Waals surface area contributed by atoms with Crippen LogP contribution in [0.25, 0.3) is 0 Å². The van der Waals surface area contributed by atoms with Crippen LogP contribution in [-0.4, -0.2) is 27.6 Å². The van der Waals surface area contributed by atoms with Crippen LogP contribution in [0.2, 0.25) is 0 Å². The Morgan fingerprint density at radius 1 is 1.67 bits per heavy atom. The van der Waals surface area contributed by atoms with Gasteiger partial charge < -0.3 is 4.55 Å². The number of rotatable bonds is 1. The van der Waals surface area contributed by atoms with Crippen LogP contribution in [0.5, 0.6) is 0 Å². The Kier molecular flexibility index (Phi) is 4.45. The summed E-state index contributed by atoms with van der Waals surface area (Å²) >= 11 is -0.373. The fourth-order valence-electron chi connectivity index (χ4n) is 0.351. The van der Waals surface area contributed by atoms with E-state index in [2.05, 4.69) is 0 Å². The monoisotopic (exact) mass is 156 g/mol. The van der Waals surface area contributed by atoms with Gasteiger partial charge in [-0.2, -0.15) is 11.3 Å². The van der Waals surface area contributed by atoms with E-state index in [0.29, 0.717) is 4.90 Å². The first-order valence-electron chi connectivity index (χ1n) is 1.94. The summed E-state index contributed by atoms with van der Waals surface area (Å²) in [4.78, 5) is 0.481. The average Bonchev–Trinajstić information content (AvgIpc) is 2.12. The first-order chi connectivity index (χ1) is 3.80. The minimum absolute atomic E-state index is 0. The van der Waals surface area contributed by atoms with Gasteiger partial charge in [0.25, 0.3) is 0 Å². The van der Waals surface area contributed by atoms with E-state index in [1.165, 1.54) is 11.3 Å². The molecule has 0 aromatic carbocycles. The molecule has 1 aromatic rings. The summed E-state index contributed by atoms with van der Waals surface area (Å²) in [6.07, 6.45) is 0. The van der Waals surface area contributed by atoms with E-state index in [4.69, 9.17) is 4.55 Å². The summed E-state index contributed by atoms with van der Waals surface area (Å²) in [5.74, 6) is 0. The van der Waals surface area contributed by atoms with Gasteiger partial charge in [0.1, 0.15) is 0 Å². The molecule has 0 aliphatic carbocycles. The van der Waals surface area contributed by atoms with Gasteiger partial charge in [-0.1, -0.05) is 0 Å². The maximum atomic E-state index is 10.2. The van der Waals surface area contributed by atoms with Crippen LogP contribution in [0, 0.1) is 0 Å². The van der Waals surface area contributed by atoms with Crippen molar-refractivity contribution in [2.45, 2.75) is 4.90 Å². The summed E-state index contributed by atoms with van der Waals surface area (Å²) in [7, 11) is 0. The van der Waals surface area contributed by atoms with Crippen LogP contribution in [0.3, 0.4) is 0 Å². The quantitative estimate of drug-likeness (QED) is 0.479. The van der Waals surface area contributed by atoms with Gasteiger partial charge in [-0.15, -0.1) is 0 Å². The second kappa shape index (κ2) is 4.26. The van der Waals surface area contributed by atoms with Gasteiger partial charge in [0, 0.05) is 5.38 Å². The third-order valence-corrected chi connectivity index (χ3v) is 2.19. The van der Waals surface area contributed by atoms with Crippen LogP contribution in [0.15, 0.2) is 21.7 Å². The van der Waals surface area contributed by atoms with E-state index in [0.717, 1.165) is 0 Å². The van der Waals surface area contributed by atoms with Gasteiger partial charge >= 0.3 is 18.9 Å². The van der Waals surface area contributed by atoms with Crippen molar-refractivity contribution < 1.29 is 8.76 Å². The Labute approximate surface area is 71.7 Å². The van der Waals surface area contributed by atoms with Gasteiger partial charge in [0.2, 0.25) is 0 Å². The fourth-order valence-corrected chi connectivity index (χ4v) is 1.63. The third kappa shape index (κ3) is 2.65. The van der Waals surface area contributed by atoms with Crippen molar-refractivity contribution in [2.24, 2.45) is 0 Å². The molecule has 1 rings (SSSR count). The molecule has 0 fully saturated rings. The predicted molar refractivity (Wildman–Crippen MR) is 40.5 cm³/mol. The molecule has 9 heavy (non-hydrogen) atoms. The van der Waals surface area contributed by atoms with Gasteiger partial charge in [-0.3, -0.25) is 0 Å². The van der Waals surface area contributed by atoms with Crippen molar-refractivity contribution in [1.29, 1.82) is 0 Å². The molecule has 0 aliphatic rings. The number of hydrogen-bond donors (Lipinski definition) is 1. The summed E-state index contributed by atoms with van der Waals surface area (Å²) < 4.78 is 18.6. The minimum atomic E-state index is -1.79. The molecule has 1 heterocycles. The second-order valence-corrected chi connectivity index (χ2v) is 2.96. The Morgan fingerprint density at radius 2 is 2.33 bits per heavy atom. The molecule has 0 amide bonds. The van der Waals surface area contributed by atoms with Gasteiger partial charge in [-0.05, 0) is 11.4 Å². The normalized spacial score (nSPS) is 12.1. The summed E-state index contributed by atoms with van der Waals surface area (Å²) in [5.41, 5.74) is 0. The molecular weight excluding hydrogens is 151 g/mol. The topological polar surface area (TPSA) is 37.3 Å². The van der Waals surface area contributed by atoms with Gasteiger partial charge in [0.05, 0.1) is 4.90 Å². The zero-order valence-corrected chi connectivity index (χ0v) is 5.54. The second-order valence-electron chi connectivity index (χ2n) is 1.21. The Morgan fingerprint density at radius 3 is 2.56 bits per heavy atom. The predicted octanol–water partition coefficient (Wildman–Crippen LogP) is 0.680. The van der Waals surface area contributed by atoms with Crippen LogP contribution in [0.4, 0.5) is 0 Å². The standard InChI is InChI=1S/C4H4O2S2.Li.H/c5-8(6)4-1-2-7-3-4;;/h1-3H,(H,5,6);;. The van der Waals surface area contributed by atoms with Crippen molar-refractivity contribution in [2.75, 3.05) is 0 Å². The average molecular weight is 156 g/mol. The van der Waals surface area contributed by atoms with E-state index < -0.39 is 11.1 Å². The first-order valence-corrected chi connectivity index (χ1v) is 3.98. The summed E-state index contributed by atoms with van der Waals surface area (Å²) in [5, 5.41) is 3.42. The van der Waals surface area contributed by atoms with E-state index >= 15 is 0 Å². The Hall–Kier alpha value is 0.407. The molecule has 0 spiro atoms. The molecule has 1 aromatic heterocycles. The van der Waals surface area contributed by atoms with E-state index in [9.17, 15) is 4.21 Å². The van der Waals surface area contributed by atoms with E-state index in [-0.39, 0.29) is 18.9 Å². The molecule has 1 unspecified atom stereocenters. The first kappa shape index (κ1) is 9.41. The molecular formula is C4H5LiO2S2. The SMILES string of the molecule is O=S(O)c1ccsc1.[LiH]. The van der Waals surface area contributed by atoms with Gasteiger partial charge in [0.15, 0.2) is 11.1 Å². The molecule has 0 aliphatic heterocycles. The van der Waals surface area contributed by atoms with Crippen molar-refractivity contribution >= 4 is 41.3 Å². The van der Waals surface area contributed by atoms with Gasteiger partial charge in [-0.25, -0.2) is 4.21 Å². The molecule has 0 radical (unpaired) electrons. The zero-order chi connectivity index (χ0) is 5.98. The molecule has 1 N–H and O–H groups in total. The summed E-state index contributed by atoms with van der Waals surface area (Å²) in [6, 6.07) is 1.63. The molecule has 0 saturated heterocycles. The summed E-state index contributed by atoms with van der Waals surface area (Å²) in [6.45, 7) is 0. The van der Waals surface area contributed by atoms with E-state index in [1.807, 2.05) is 0 Å². The van der Waals surface area contributed by atoms with Crippen molar-refractivity contribution in [1.82, 2.24) is 0 Å². The van der Waals surface area contributed by atoms with Crippen LogP contribution in [0.1, 0.15) is 0 Å². The zero-order valence-electron chi connectivity index (χ0n) is 3.90. The third-order valence-electron chi connectivity index (χ3n) is 0.697. The molecule has 0 saturated carbocycles. The van der Waals surface area contributed by atoms with Crippen LogP contribution in [-0.2, 0) is 11.1 Å². The molecule has 46 valence electrons. The number of hydrogen-bond acceptors (Lipinski definition) is 2. The van der Waals surface area contributed by atoms with E-state index in [1.54, 1.807) is 16.8 Å². The van der Waals surface area contributed by atoms with Crippen LogP contribution >= 0.6 is 11.3 Å².